The molecule has 0 spiro atoms. The highest BCUT2D eigenvalue weighted by atomic mass is 32.2. The molecule has 0 aliphatic heterocycles. The lowest BCUT2D eigenvalue weighted by molar-refractivity contribution is 0.187. The first-order valence-electron chi connectivity index (χ1n) is 4.58. The first kappa shape index (κ1) is 11.9. The molecule has 0 radical (unpaired) electrons. The highest BCUT2D eigenvalue weighted by Gasteiger charge is 2.06. The topological polar surface area (TPSA) is 38.3 Å². The van der Waals surface area contributed by atoms with E-state index in [1.54, 1.807) is 11.8 Å². The molecular formula is C11H15NO2S. The van der Waals surface area contributed by atoms with Crippen LogP contribution in [-0.4, -0.2) is 19.5 Å². The number of amides is 1. The monoisotopic (exact) mass is 225 g/mol. The van der Waals surface area contributed by atoms with E-state index in [0.29, 0.717) is 0 Å². The van der Waals surface area contributed by atoms with E-state index in [2.05, 4.69) is 10.1 Å². The van der Waals surface area contributed by atoms with Gasteiger partial charge in [0.25, 0.3) is 0 Å². The molecule has 0 fully saturated rings. The predicted octanol–water partition coefficient (Wildman–Crippen LogP) is 3.20. The molecule has 1 aromatic rings. The van der Waals surface area contributed by atoms with E-state index in [-0.39, 0.29) is 0 Å². The van der Waals surface area contributed by atoms with Gasteiger partial charge in [0.2, 0.25) is 0 Å². The Morgan fingerprint density at radius 3 is 2.27 bits per heavy atom. The van der Waals surface area contributed by atoms with Crippen LogP contribution in [0.15, 0.2) is 17.0 Å². The molecule has 0 heterocycles. The molecule has 0 unspecified atom stereocenters. The number of benzene rings is 1. The zero-order valence-electron chi connectivity index (χ0n) is 9.38. The van der Waals surface area contributed by atoms with Gasteiger partial charge < -0.3 is 4.74 Å². The molecule has 0 saturated heterocycles. The fraction of sp³-hybridized carbons (Fsp3) is 0.364. The summed E-state index contributed by atoms with van der Waals surface area (Å²) in [6.07, 6.45) is 1.61. The zero-order chi connectivity index (χ0) is 11.4. The molecule has 82 valence electrons. The lowest BCUT2D eigenvalue weighted by atomic mass is 10.1. The summed E-state index contributed by atoms with van der Waals surface area (Å²) in [5, 5.41) is 2.65. The van der Waals surface area contributed by atoms with Crippen molar-refractivity contribution < 1.29 is 9.53 Å². The summed E-state index contributed by atoms with van der Waals surface area (Å²) in [6, 6.07) is 3.88. The third-order valence-corrected chi connectivity index (χ3v) is 3.15. The highest BCUT2D eigenvalue weighted by Crippen LogP contribution is 2.27. The molecule has 1 rings (SSSR count). The maximum absolute atomic E-state index is 11.0. The third kappa shape index (κ3) is 2.89. The highest BCUT2D eigenvalue weighted by molar-refractivity contribution is 7.98. The van der Waals surface area contributed by atoms with Crippen LogP contribution in [0.3, 0.4) is 0 Å². The second kappa shape index (κ2) is 5.07. The van der Waals surface area contributed by atoms with Crippen molar-refractivity contribution in [2.75, 3.05) is 18.7 Å². The van der Waals surface area contributed by atoms with Crippen LogP contribution in [0.1, 0.15) is 11.1 Å². The van der Waals surface area contributed by atoms with Crippen molar-refractivity contribution in [1.82, 2.24) is 0 Å². The number of methoxy groups -OCH3 is 1. The number of aryl methyl sites for hydroxylation is 2. The molecule has 0 atom stereocenters. The van der Waals surface area contributed by atoms with Crippen LogP contribution in [0, 0.1) is 13.8 Å². The van der Waals surface area contributed by atoms with E-state index in [4.69, 9.17) is 0 Å². The minimum atomic E-state index is -0.439. The van der Waals surface area contributed by atoms with Gasteiger partial charge in [-0.1, -0.05) is 0 Å². The summed E-state index contributed by atoms with van der Waals surface area (Å²) in [5.74, 6) is 0. The number of rotatable bonds is 2. The van der Waals surface area contributed by atoms with Gasteiger partial charge in [-0.15, -0.1) is 11.8 Å². The van der Waals surface area contributed by atoms with Gasteiger partial charge in [0.15, 0.2) is 0 Å². The number of hydrogen-bond acceptors (Lipinski definition) is 3. The van der Waals surface area contributed by atoms with Crippen molar-refractivity contribution >= 4 is 23.5 Å². The van der Waals surface area contributed by atoms with Gasteiger partial charge in [-0.2, -0.15) is 0 Å². The Kier molecular flexibility index (Phi) is 4.03. The number of carbonyl (C=O) groups is 1. The third-order valence-electron chi connectivity index (χ3n) is 2.10. The van der Waals surface area contributed by atoms with E-state index < -0.39 is 6.09 Å². The minimum absolute atomic E-state index is 0.439. The second-order valence-corrected chi connectivity index (χ2v) is 4.08. The molecule has 0 bridgehead atoms. The molecule has 15 heavy (non-hydrogen) atoms. The molecular weight excluding hydrogens is 210 g/mol. The minimum Gasteiger partial charge on any atom is -0.453 e. The van der Waals surface area contributed by atoms with Gasteiger partial charge in [-0.05, 0) is 43.4 Å². The van der Waals surface area contributed by atoms with Crippen molar-refractivity contribution in [3.05, 3.63) is 23.3 Å². The Hall–Kier alpha value is -1.16. The van der Waals surface area contributed by atoms with Crippen LogP contribution in [0.2, 0.25) is 0 Å². The fourth-order valence-corrected chi connectivity index (χ4v) is 2.28. The molecule has 1 amide bonds. The molecule has 0 saturated carbocycles. The van der Waals surface area contributed by atoms with E-state index in [0.717, 1.165) is 16.8 Å². The van der Waals surface area contributed by atoms with Crippen LogP contribution in [-0.2, 0) is 4.74 Å². The second-order valence-electron chi connectivity index (χ2n) is 3.26. The molecule has 4 heteroatoms. The summed E-state index contributed by atoms with van der Waals surface area (Å²) < 4.78 is 4.54. The maximum atomic E-state index is 11.0. The van der Waals surface area contributed by atoms with Gasteiger partial charge in [-0.25, -0.2) is 4.79 Å². The smallest absolute Gasteiger partial charge is 0.411 e. The standard InChI is InChI=1S/C11H15NO2S/c1-7-5-9(12-11(13)14-3)6-8(2)10(7)15-4/h5-6H,1-4H3,(H,12,13). The molecule has 0 aliphatic rings. The van der Waals surface area contributed by atoms with Crippen LogP contribution in [0.25, 0.3) is 0 Å². The summed E-state index contributed by atoms with van der Waals surface area (Å²) >= 11 is 1.71. The number of ether oxygens (including phenoxy) is 1. The average molecular weight is 225 g/mol. The number of nitrogens with one attached hydrogen (secondary N) is 1. The number of thioether (sulfide) groups is 1. The first-order valence-corrected chi connectivity index (χ1v) is 5.81. The molecule has 3 nitrogen and oxygen atoms in total. The predicted molar refractivity (Wildman–Crippen MR) is 63.7 cm³/mol. The molecule has 1 aromatic carbocycles. The Morgan fingerprint density at radius 2 is 1.87 bits per heavy atom. The number of carbonyl (C=O) groups excluding carboxylic acids is 1. The normalized spacial score (nSPS) is 9.87. The largest absolute Gasteiger partial charge is 0.453 e. The van der Waals surface area contributed by atoms with Crippen molar-refractivity contribution in [3.8, 4) is 0 Å². The zero-order valence-corrected chi connectivity index (χ0v) is 10.2. The van der Waals surface area contributed by atoms with Crippen LogP contribution < -0.4 is 5.32 Å². The Labute approximate surface area is 94.2 Å². The molecule has 0 aliphatic carbocycles. The van der Waals surface area contributed by atoms with Gasteiger partial charge >= 0.3 is 6.09 Å². The van der Waals surface area contributed by atoms with E-state index >= 15 is 0 Å². The number of anilines is 1. The van der Waals surface area contributed by atoms with E-state index in [1.165, 1.54) is 12.0 Å². The summed E-state index contributed by atoms with van der Waals surface area (Å²) in [5.41, 5.74) is 3.09. The maximum Gasteiger partial charge on any atom is 0.411 e. The van der Waals surface area contributed by atoms with E-state index in [9.17, 15) is 4.79 Å². The van der Waals surface area contributed by atoms with Crippen molar-refractivity contribution in [2.24, 2.45) is 0 Å². The summed E-state index contributed by atoms with van der Waals surface area (Å²) in [4.78, 5) is 12.3. The summed E-state index contributed by atoms with van der Waals surface area (Å²) in [6.45, 7) is 4.06. The lowest BCUT2D eigenvalue weighted by Gasteiger charge is -2.10. The van der Waals surface area contributed by atoms with Gasteiger partial charge in [-0.3, -0.25) is 5.32 Å². The lowest BCUT2D eigenvalue weighted by Crippen LogP contribution is -2.11. The van der Waals surface area contributed by atoms with Gasteiger partial charge in [0.05, 0.1) is 7.11 Å². The van der Waals surface area contributed by atoms with Gasteiger partial charge in [0, 0.05) is 10.6 Å². The Balaban J connectivity index is 2.98. The fourth-order valence-electron chi connectivity index (χ4n) is 1.51. The Morgan fingerprint density at radius 1 is 1.33 bits per heavy atom. The van der Waals surface area contributed by atoms with Gasteiger partial charge in [0.1, 0.15) is 0 Å². The Bertz CT molecular complexity index is 354. The number of hydrogen-bond donors (Lipinski definition) is 1. The average Bonchev–Trinajstić information content (AvgIpc) is 2.17. The van der Waals surface area contributed by atoms with Crippen LogP contribution in [0.5, 0.6) is 0 Å². The van der Waals surface area contributed by atoms with Crippen molar-refractivity contribution in [1.29, 1.82) is 0 Å². The van der Waals surface area contributed by atoms with Crippen molar-refractivity contribution in [3.63, 3.8) is 0 Å². The van der Waals surface area contributed by atoms with Crippen molar-refractivity contribution in [2.45, 2.75) is 18.7 Å². The van der Waals surface area contributed by atoms with Crippen LogP contribution in [0.4, 0.5) is 10.5 Å². The quantitative estimate of drug-likeness (QED) is 0.785. The summed E-state index contributed by atoms with van der Waals surface area (Å²) in [7, 11) is 1.35. The van der Waals surface area contributed by atoms with E-state index in [1.807, 2.05) is 32.2 Å². The van der Waals surface area contributed by atoms with Crippen LogP contribution >= 0.6 is 11.8 Å². The molecule has 1 N–H and O–H groups in total. The SMILES string of the molecule is COC(=O)Nc1cc(C)c(SC)c(C)c1. The first-order chi connectivity index (χ1) is 7.08. The molecule has 0 aromatic heterocycles.